The Hall–Kier alpha value is -2.82. The number of benzene rings is 2. The van der Waals surface area contributed by atoms with Crippen molar-refractivity contribution in [1.29, 1.82) is 0 Å². The predicted molar refractivity (Wildman–Crippen MR) is 112 cm³/mol. The van der Waals surface area contributed by atoms with Crippen LogP contribution in [0.1, 0.15) is 18.4 Å². The molecule has 0 atom stereocenters. The number of hydrogen-bond donors (Lipinski definition) is 0. The Kier molecular flexibility index (Phi) is 6.69. The molecule has 1 heterocycles. The fraction of sp³-hybridized carbons (Fsp3) is 0.391. The van der Waals surface area contributed by atoms with Crippen LogP contribution in [0.5, 0.6) is 0 Å². The van der Waals surface area contributed by atoms with Gasteiger partial charge in [-0.25, -0.2) is 4.79 Å². The van der Waals surface area contributed by atoms with E-state index in [0.29, 0.717) is 32.5 Å². The van der Waals surface area contributed by atoms with Crippen molar-refractivity contribution < 1.29 is 9.59 Å². The first kappa shape index (κ1) is 19.9. The van der Waals surface area contributed by atoms with Gasteiger partial charge in [-0.15, -0.1) is 0 Å². The number of nitrogens with zero attached hydrogens (tertiary/aromatic N) is 3. The van der Waals surface area contributed by atoms with E-state index in [2.05, 4.69) is 12.1 Å². The summed E-state index contributed by atoms with van der Waals surface area (Å²) in [7, 11) is 3.53. The summed E-state index contributed by atoms with van der Waals surface area (Å²) in [5, 5.41) is 0. The Labute approximate surface area is 167 Å². The highest BCUT2D eigenvalue weighted by Gasteiger charge is 2.31. The molecule has 3 rings (SSSR count). The SMILES string of the molecule is CN(C)C(=O)N1CCC(C(=O)N(CCc2ccccc2)c2ccccc2)CC1. The summed E-state index contributed by atoms with van der Waals surface area (Å²) in [6.45, 7) is 1.92. The molecular formula is C23H29N3O2. The Balaban J connectivity index is 1.68. The van der Waals surface area contributed by atoms with Crippen molar-refractivity contribution in [1.82, 2.24) is 9.80 Å². The maximum atomic E-state index is 13.3. The van der Waals surface area contributed by atoms with Gasteiger partial charge < -0.3 is 14.7 Å². The van der Waals surface area contributed by atoms with Crippen molar-refractivity contribution in [2.45, 2.75) is 19.3 Å². The number of hydrogen-bond acceptors (Lipinski definition) is 2. The fourth-order valence-electron chi connectivity index (χ4n) is 3.68. The minimum absolute atomic E-state index is 0.0230. The fourth-order valence-corrected chi connectivity index (χ4v) is 3.68. The van der Waals surface area contributed by atoms with Gasteiger partial charge >= 0.3 is 6.03 Å². The van der Waals surface area contributed by atoms with Crippen LogP contribution in [0.3, 0.4) is 0 Å². The second kappa shape index (κ2) is 9.40. The van der Waals surface area contributed by atoms with E-state index in [1.165, 1.54) is 5.56 Å². The topological polar surface area (TPSA) is 43.9 Å². The summed E-state index contributed by atoms with van der Waals surface area (Å²) in [6, 6.07) is 20.2. The van der Waals surface area contributed by atoms with Gasteiger partial charge in [0.15, 0.2) is 0 Å². The first-order valence-corrected chi connectivity index (χ1v) is 9.93. The first-order valence-electron chi connectivity index (χ1n) is 9.93. The van der Waals surface area contributed by atoms with Gasteiger partial charge in [0.25, 0.3) is 0 Å². The van der Waals surface area contributed by atoms with Crippen LogP contribution in [-0.2, 0) is 11.2 Å². The van der Waals surface area contributed by atoms with Crippen molar-refractivity contribution >= 4 is 17.6 Å². The maximum absolute atomic E-state index is 13.3. The zero-order valence-electron chi connectivity index (χ0n) is 16.8. The third-order valence-electron chi connectivity index (χ3n) is 5.30. The summed E-state index contributed by atoms with van der Waals surface area (Å²) < 4.78 is 0. The molecule has 3 amide bonds. The summed E-state index contributed by atoms with van der Waals surface area (Å²) in [5.41, 5.74) is 2.16. The monoisotopic (exact) mass is 379 g/mol. The lowest BCUT2D eigenvalue weighted by molar-refractivity contribution is -0.123. The summed E-state index contributed by atoms with van der Waals surface area (Å²) >= 11 is 0. The summed E-state index contributed by atoms with van der Waals surface area (Å²) in [5.74, 6) is 0.126. The van der Waals surface area contributed by atoms with Crippen LogP contribution in [0.4, 0.5) is 10.5 Å². The average Bonchev–Trinajstić information content (AvgIpc) is 2.75. The minimum atomic E-state index is -0.0396. The van der Waals surface area contributed by atoms with E-state index in [0.717, 1.165) is 12.1 Å². The van der Waals surface area contributed by atoms with Crippen LogP contribution < -0.4 is 4.90 Å². The van der Waals surface area contributed by atoms with E-state index in [1.54, 1.807) is 19.0 Å². The number of urea groups is 1. The van der Waals surface area contributed by atoms with Gasteiger partial charge in [0, 0.05) is 45.3 Å². The third kappa shape index (κ3) is 4.91. The van der Waals surface area contributed by atoms with E-state index in [-0.39, 0.29) is 17.9 Å². The molecule has 0 aliphatic carbocycles. The number of carbonyl (C=O) groups excluding carboxylic acids is 2. The van der Waals surface area contributed by atoms with Gasteiger partial charge in [-0.2, -0.15) is 0 Å². The minimum Gasteiger partial charge on any atom is -0.331 e. The molecule has 1 aliphatic heterocycles. The molecule has 5 nitrogen and oxygen atoms in total. The lowest BCUT2D eigenvalue weighted by atomic mass is 9.95. The van der Waals surface area contributed by atoms with Crippen molar-refractivity contribution in [3.8, 4) is 0 Å². The normalized spacial score (nSPS) is 14.6. The number of amides is 3. The van der Waals surface area contributed by atoms with Gasteiger partial charge in [-0.3, -0.25) is 4.79 Å². The van der Waals surface area contributed by atoms with Crippen molar-refractivity contribution in [2.24, 2.45) is 5.92 Å². The van der Waals surface area contributed by atoms with Crippen LogP contribution in [0.15, 0.2) is 60.7 Å². The van der Waals surface area contributed by atoms with Gasteiger partial charge in [0.2, 0.25) is 5.91 Å². The number of carbonyl (C=O) groups is 2. The standard InChI is InChI=1S/C23H29N3O2/c1-24(2)23(28)25-16-14-20(15-17-25)22(27)26(21-11-7-4-8-12-21)18-13-19-9-5-3-6-10-19/h3-12,20H,13-18H2,1-2H3. The van der Waals surface area contributed by atoms with E-state index < -0.39 is 0 Å². The molecule has 0 saturated carbocycles. The lowest BCUT2D eigenvalue weighted by Gasteiger charge is -2.35. The van der Waals surface area contributed by atoms with Crippen molar-refractivity contribution in [3.63, 3.8) is 0 Å². The molecule has 0 spiro atoms. The van der Waals surface area contributed by atoms with Crippen LogP contribution in [-0.4, -0.2) is 55.5 Å². The Morgan fingerprint density at radius 3 is 2.07 bits per heavy atom. The van der Waals surface area contributed by atoms with Crippen molar-refractivity contribution in [2.75, 3.05) is 38.6 Å². The summed E-state index contributed by atoms with van der Waals surface area (Å²) in [6.07, 6.45) is 2.25. The van der Waals surface area contributed by atoms with Crippen LogP contribution >= 0.6 is 0 Å². The predicted octanol–water partition coefficient (Wildman–Crippen LogP) is 3.66. The van der Waals surface area contributed by atoms with E-state index in [1.807, 2.05) is 58.3 Å². The van der Waals surface area contributed by atoms with E-state index >= 15 is 0 Å². The molecule has 1 fully saturated rings. The lowest BCUT2D eigenvalue weighted by Crippen LogP contribution is -2.47. The number of para-hydroxylation sites is 1. The average molecular weight is 380 g/mol. The second-order valence-corrected chi connectivity index (χ2v) is 7.50. The van der Waals surface area contributed by atoms with Crippen LogP contribution in [0.2, 0.25) is 0 Å². The molecule has 1 aliphatic rings. The van der Waals surface area contributed by atoms with Gasteiger partial charge in [-0.05, 0) is 37.0 Å². The Morgan fingerprint density at radius 2 is 1.50 bits per heavy atom. The largest absolute Gasteiger partial charge is 0.331 e. The highest BCUT2D eigenvalue weighted by Crippen LogP contribution is 2.24. The quantitative estimate of drug-likeness (QED) is 0.796. The number of likely N-dealkylation sites (tertiary alicyclic amines) is 1. The summed E-state index contributed by atoms with van der Waals surface area (Å²) in [4.78, 5) is 30.8. The number of anilines is 1. The second-order valence-electron chi connectivity index (χ2n) is 7.50. The Morgan fingerprint density at radius 1 is 0.929 bits per heavy atom. The third-order valence-corrected chi connectivity index (χ3v) is 5.30. The highest BCUT2D eigenvalue weighted by atomic mass is 16.2. The van der Waals surface area contributed by atoms with Gasteiger partial charge in [0.1, 0.15) is 0 Å². The number of rotatable bonds is 5. The van der Waals surface area contributed by atoms with Gasteiger partial charge in [0.05, 0.1) is 0 Å². The zero-order valence-corrected chi connectivity index (χ0v) is 16.8. The molecule has 5 heteroatoms. The molecule has 28 heavy (non-hydrogen) atoms. The zero-order chi connectivity index (χ0) is 19.9. The number of piperidine rings is 1. The van der Waals surface area contributed by atoms with E-state index in [9.17, 15) is 9.59 Å². The Bertz CT molecular complexity index is 769. The molecule has 0 N–H and O–H groups in total. The van der Waals surface area contributed by atoms with E-state index in [4.69, 9.17) is 0 Å². The first-order chi connectivity index (χ1) is 13.6. The van der Waals surface area contributed by atoms with Crippen LogP contribution in [0, 0.1) is 5.92 Å². The molecule has 0 bridgehead atoms. The molecule has 2 aromatic rings. The molecule has 148 valence electrons. The van der Waals surface area contributed by atoms with Gasteiger partial charge in [-0.1, -0.05) is 48.5 Å². The maximum Gasteiger partial charge on any atom is 0.319 e. The van der Waals surface area contributed by atoms with Crippen molar-refractivity contribution in [3.05, 3.63) is 66.2 Å². The molecule has 0 aromatic heterocycles. The smallest absolute Gasteiger partial charge is 0.319 e. The molecular weight excluding hydrogens is 350 g/mol. The molecule has 0 unspecified atom stereocenters. The highest BCUT2D eigenvalue weighted by molar-refractivity contribution is 5.95. The molecule has 2 aromatic carbocycles. The molecule has 1 saturated heterocycles. The van der Waals surface area contributed by atoms with Crippen LogP contribution in [0.25, 0.3) is 0 Å². The molecule has 0 radical (unpaired) electrons.